The molecule has 0 aliphatic heterocycles. The lowest BCUT2D eigenvalue weighted by Crippen LogP contribution is -2.26. The molecule has 4 rings (SSSR count). The lowest BCUT2D eigenvalue weighted by Gasteiger charge is -2.14. The summed E-state index contributed by atoms with van der Waals surface area (Å²) < 4.78 is 43.9. The monoisotopic (exact) mass is 453 g/mol. The molecule has 1 aliphatic carbocycles. The second kappa shape index (κ2) is 9.36. The van der Waals surface area contributed by atoms with E-state index in [0.29, 0.717) is 12.6 Å². The molecule has 2 aromatic carbocycles. The number of rotatable bonds is 6. The lowest BCUT2D eigenvalue weighted by molar-refractivity contribution is -0.137. The molecule has 0 unspecified atom stereocenters. The lowest BCUT2D eigenvalue weighted by atomic mass is 9.98. The molecule has 1 aliphatic rings. The van der Waals surface area contributed by atoms with E-state index in [4.69, 9.17) is 10.5 Å². The number of nitrogens with two attached hydrogens (primary N) is 1. The number of pyridine rings is 1. The molecule has 3 aromatic rings. The van der Waals surface area contributed by atoms with E-state index in [1.807, 2.05) is 36.4 Å². The van der Waals surface area contributed by atoms with Crippen molar-refractivity contribution in [2.24, 2.45) is 0 Å². The molecule has 1 aromatic heterocycles. The number of anilines is 1. The highest BCUT2D eigenvalue weighted by molar-refractivity contribution is 5.79. The van der Waals surface area contributed by atoms with Crippen molar-refractivity contribution in [1.82, 2.24) is 10.3 Å². The summed E-state index contributed by atoms with van der Waals surface area (Å²) >= 11 is 0. The molecule has 0 spiro atoms. The van der Waals surface area contributed by atoms with Crippen molar-refractivity contribution in [3.8, 4) is 11.1 Å². The number of alkyl carbamates (subject to hydrolysis) is 1. The predicted molar refractivity (Wildman–Crippen MR) is 120 cm³/mol. The number of nitrogens with one attached hydrogen (secondary N) is 1. The highest BCUT2D eigenvalue weighted by Gasteiger charge is 2.31. The SMILES string of the molecule is Nc1ncc(C(F)(F)F)cc1C=CCCNC(=O)OCC1c2ccccc2-c2ccccc21. The molecule has 0 bridgehead atoms. The first-order valence-electron chi connectivity index (χ1n) is 10.4. The van der Waals surface area contributed by atoms with Gasteiger partial charge >= 0.3 is 12.3 Å². The van der Waals surface area contributed by atoms with Crippen LogP contribution in [0.15, 0.2) is 66.9 Å². The average molecular weight is 453 g/mol. The maximum Gasteiger partial charge on any atom is 0.417 e. The molecule has 0 atom stereocenters. The molecule has 0 fully saturated rings. The third-order valence-electron chi connectivity index (χ3n) is 5.50. The van der Waals surface area contributed by atoms with Gasteiger partial charge in [0, 0.05) is 24.2 Å². The first kappa shape index (κ1) is 22.4. The maximum absolute atomic E-state index is 12.8. The van der Waals surface area contributed by atoms with Gasteiger partial charge in [0.15, 0.2) is 0 Å². The van der Waals surface area contributed by atoms with Crippen LogP contribution in [0.1, 0.15) is 34.6 Å². The van der Waals surface area contributed by atoms with E-state index >= 15 is 0 Å². The Morgan fingerprint density at radius 1 is 1.09 bits per heavy atom. The van der Waals surface area contributed by atoms with Gasteiger partial charge in [0.25, 0.3) is 0 Å². The van der Waals surface area contributed by atoms with Gasteiger partial charge in [0.1, 0.15) is 12.4 Å². The summed E-state index contributed by atoms with van der Waals surface area (Å²) in [6.07, 6.45) is -0.875. The summed E-state index contributed by atoms with van der Waals surface area (Å²) in [5, 5.41) is 2.65. The third kappa shape index (κ3) is 5.00. The van der Waals surface area contributed by atoms with Gasteiger partial charge in [0.05, 0.1) is 5.56 Å². The molecule has 33 heavy (non-hydrogen) atoms. The van der Waals surface area contributed by atoms with Crippen LogP contribution >= 0.6 is 0 Å². The summed E-state index contributed by atoms with van der Waals surface area (Å²) in [7, 11) is 0. The number of benzene rings is 2. The highest BCUT2D eigenvalue weighted by atomic mass is 19.4. The Hall–Kier alpha value is -3.81. The number of hydrogen-bond acceptors (Lipinski definition) is 4. The predicted octanol–water partition coefficient (Wildman–Crippen LogP) is 5.62. The second-order valence-corrected chi connectivity index (χ2v) is 7.64. The van der Waals surface area contributed by atoms with E-state index in [1.165, 1.54) is 6.08 Å². The Morgan fingerprint density at radius 2 is 1.73 bits per heavy atom. The number of carbonyl (C=O) groups is 1. The van der Waals surface area contributed by atoms with Crippen LogP contribution < -0.4 is 11.1 Å². The topological polar surface area (TPSA) is 77.2 Å². The van der Waals surface area contributed by atoms with Crippen molar-refractivity contribution < 1.29 is 22.7 Å². The number of halogens is 3. The fraction of sp³-hybridized carbons (Fsp3) is 0.200. The number of nitrogens with zero attached hydrogens (tertiary/aromatic N) is 1. The Balaban J connectivity index is 1.28. The van der Waals surface area contributed by atoms with E-state index in [-0.39, 0.29) is 30.5 Å². The number of aromatic nitrogens is 1. The smallest absolute Gasteiger partial charge is 0.417 e. The van der Waals surface area contributed by atoms with Gasteiger partial charge < -0.3 is 15.8 Å². The van der Waals surface area contributed by atoms with Crippen molar-refractivity contribution in [2.75, 3.05) is 18.9 Å². The minimum absolute atomic E-state index is 0.00347. The number of ether oxygens (including phenoxy) is 1. The molecule has 0 radical (unpaired) electrons. The summed E-state index contributed by atoms with van der Waals surface area (Å²) in [4.78, 5) is 15.7. The minimum Gasteiger partial charge on any atom is -0.449 e. The van der Waals surface area contributed by atoms with Gasteiger partial charge in [-0.2, -0.15) is 13.2 Å². The molecular formula is C25H22F3N3O2. The fourth-order valence-corrected chi connectivity index (χ4v) is 3.90. The molecule has 5 nitrogen and oxygen atoms in total. The molecule has 0 saturated carbocycles. The number of carbonyl (C=O) groups excluding carboxylic acids is 1. The van der Waals surface area contributed by atoms with Crippen molar-refractivity contribution in [3.63, 3.8) is 0 Å². The van der Waals surface area contributed by atoms with E-state index in [0.717, 1.165) is 28.3 Å². The van der Waals surface area contributed by atoms with Crippen LogP contribution in [-0.2, 0) is 10.9 Å². The largest absolute Gasteiger partial charge is 0.449 e. The van der Waals surface area contributed by atoms with Crippen LogP contribution in [0.3, 0.4) is 0 Å². The quantitative estimate of drug-likeness (QED) is 0.475. The van der Waals surface area contributed by atoms with Gasteiger partial charge in [-0.3, -0.25) is 0 Å². The molecule has 170 valence electrons. The zero-order valence-corrected chi connectivity index (χ0v) is 17.6. The maximum atomic E-state index is 12.8. The summed E-state index contributed by atoms with van der Waals surface area (Å²) in [5.74, 6) is -0.0248. The highest BCUT2D eigenvalue weighted by Crippen LogP contribution is 2.44. The minimum atomic E-state index is -4.49. The number of hydrogen-bond donors (Lipinski definition) is 2. The van der Waals surface area contributed by atoms with E-state index in [1.54, 1.807) is 6.08 Å². The Bertz CT molecular complexity index is 1150. The van der Waals surface area contributed by atoms with Crippen LogP contribution in [0.5, 0.6) is 0 Å². The Kier molecular flexibility index (Phi) is 6.35. The molecule has 1 heterocycles. The van der Waals surface area contributed by atoms with Gasteiger partial charge in [-0.1, -0.05) is 60.7 Å². The second-order valence-electron chi connectivity index (χ2n) is 7.64. The number of amides is 1. The van der Waals surface area contributed by atoms with Crippen LogP contribution in [0.2, 0.25) is 0 Å². The standard InChI is InChI=1S/C25H22F3N3O2/c26-25(27,28)17-13-16(23(29)31-14-17)7-5-6-12-30-24(32)33-15-22-20-10-3-1-8-18(20)19-9-2-4-11-21(19)22/h1-5,7-11,13-14,22H,6,12,15H2,(H2,29,31)(H,30,32). The number of alkyl halides is 3. The van der Waals surface area contributed by atoms with Crippen molar-refractivity contribution in [2.45, 2.75) is 18.5 Å². The van der Waals surface area contributed by atoms with E-state index in [9.17, 15) is 18.0 Å². The number of nitrogen functional groups attached to an aromatic ring is 1. The van der Waals surface area contributed by atoms with E-state index in [2.05, 4.69) is 22.4 Å². The van der Waals surface area contributed by atoms with Gasteiger partial charge in [0.2, 0.25) is 0 Å². The third-order valence-corrected chi connectivity index (χ3v) is 5.50. The van der Waals surface area contributed by atoms with Gasteiger partial charge in [-0.25, -0.2) is 9.78 Å². The zero-order valence-electron chi connectivity index (χ0n) is 17.6. The molecule has 3 N–H and O–H groups in total. The summed E-state index contributed by atoms with van der Waals surface area (Å²) in [5.41, 5.74) is 9.50. The molecular weight excluding hydrogens is 431 g/mol. The van der Waals surface area contributed by atoms with Crippen LogP contribution in [0, 0.1) is 0 Å². The Morgan fingerprint density at radius 3 is 2.36 bits per heavy atom. The zero-order chi connectivity index (χ0) is 23.4. The first-order chi connectivity index (χ1) is 15.8. The van der Waals surface area contributed by atoms with E-state index < -0.39 is 17.8 Å². The van der Waals surface area contributed by atoms with Crippen LogP contribution in [0.25, 0.3) is 17.2 Å². The van der Waals surface area contributed by atoms with Gasteiger partial charge in [-0.05, 0) is 34.7 Å². The van der Waals surface area contributed by atoms with Crippen molar-refractivity contribution in [1.29, 1.82) is 0 Å². The Labute approximate surface area is 189 Å². The van der Waals surface area contributed by atoms with Crippen molar-refractivity contribution >= 4 is 18.0 Å². The molecule has 0 saturated heterocycles. The van der Waals surface area contributed by atoms with Gasteiger partial charge in [-0.15, -0.1) is 0 Å². The van der Waals surface area contributed by atoms with Crippen molar-refractivity contribution in [3.05, 3.63) is 89.1 Å². The molecule has 8 heteroatoms. The van der Waals surface area contributed by atoms with Crippen LogP contribution in [-0.4, -0.2) is 24.2 Å². The summed E-state index contributed by atoms with van der Waals surface area (Å²) in [6.45, 7) is 0.474. The molecule has 1 amide bonds. The fourth-order valence-electron chi connectivity index (χ4n) is 3.90. The first-order valence-corrected chi connectivity index (χ1v) is 10.4. The normalized spacial score (nSPS) is 13.1. The van der Waals surface area contributed by atoms with Crippen LogP contribution in [0.4, 0.5) is 23.8 Å². The number of fused-ring (bicyclic) bond motifs is 3. The summed E-state index contributed by atoms with van der Waals surface area (Å²) in [6, 6.07) is 17.1. The average Bonchev–Trinajstić information content (AvgIpc) is 3.11.